The minimum Gasteiger partial charge on any atom is -0.321 e. The van der Waals surface area contributed by atoms with Gasteiger partial charge in [0, 0.05) is 24.5 Å². The number of nitrogens with two attached hydrogens (primary N) is 1. The predicted octanol–water partition coefficient (Wildman–Crippen LogP) is 1.43. The second-order valence-corrected chi connectivity index (χ2v) is 5.21. The van der Waals surface area contributed by atoms with Crippen LogP contribution in [0.2, 0.25) is 0 Å². The molecule has 1 saturated carbocycles. The fourth-order valence-electron chi connectivity index (χ4n) is 2.39. The summed E-state index contributed by atoms with van der Waals surface area (Å²) in [5.74, 6) is 0. The average Bonchev–Trinajstić information content (AvgIpc) is 3.03. The number of imidazole rings is 1. The fourth-order valence-corrected chi connectivity index (χ4v) is 2.39. The van der Waals surface area contributed by atoms with Gasteiger partial charge in [-0.05, 0) is 37.5 Å². The van der Waals surface area contributed by atoms with Gasteiger partial charge in [0.25, 0.3) is 0 Å². The first-order chi connectivity index (χ1) is 8.51. The average molecular weight is 243 g/mol. The molecule has 1 heterocycles. The van der Waals surface area contributed by atoms with Gasteiger partial charge >= 0.3 is 5.69 Å². The van der Waals surface area contributed by atoms with Crippen LogP contribution in [0.5, 0.6) is 0 Å². The third kappa shape index (κ3) is 1.61. The van der Waals surface area contributed by atoms with Crippen molar-refractivity contribution in [1.82, 2.24) is 9.13 Å². The van der Waals surface area contributed by atoms with Gasteiger partial charge in [-0.1, -0.05) is 12.1 Å². The SMILES string of the molecule is Cc1cn(C)c(=O)n1-c1cccc(C2(N)CC2)c1. The highest BCUT2D eigenvalue weighted by molar-refractivity contribution is 5.42. The van der Waals surface area contributed by atoms with Crippen LogP contribution < -0.4 is 11.4 Å². The van der Waals surface area contributed by atoms with Crippen LogP contribution in [0.3, 0.4) is 0 Å². The lowest BCUT2D eigenvalue weighted by atomic mass is 10.1. The molecule has 1 aliphatic rings. The number of hydrogen-bond acceptors (Lipinski definition) is 2. The number of rotatable bonds is 2. The summed E-state index contributed by atoms with van der Waals surface area (Å²) in [6.45, 7) is 1.93. The summed E-state index contributed by atoms with van der Waals surface area (Å²) in [5.41, 5.74) is 8.97. The van der Waals surface area contributed by atoms with Crippen molar-refractivity contribution in [3.63, 3.8) is 0 Å². The van der Waals surface area contributed by atoms with Gasteiger partial charge in [0.2, 0.25) is 0 Å². The van der Waals surface area contributed by atoms with Crippen LogP contribution in [0.1, 0.15) is 24.1 Å². The number of aryl methyl sites for hydroxylation is 2. The minimum absolute atomic E-state index is 0.0217. The van der Waals surface area contributed by atoms with Crippen molar-refractivity contribution in [1.29, 1.82) is 0 Å². The fraction of sp³-hybridized carbons (Fsp3) is 0.357. The van der Waals surface area contributed by atoms with E-state index in [4.69, 9.17) is 5.73 Å². The Balaban J connectivity index is 2.15. The molecule has 0 amide bonds. The van der Waals surface area contributed by atoms with E-state index in [1.165, 1.54) is 0 Å². The molecule has 3 rings (SSSR count). The molecule has 18 heavy (non-hydrogen) atoms. The molecular formula is C14H17N3O. The van der Waals surface area contributed by atoms with E-state index in [1.54, 1.807) is 16.2 Å². The summed E-state index contributed by atoms with van der Waals surface area (Å²) in [6.07, 6.45) is 3.89. The summed E-state index contributed by atoms with van der Waals surface area (Å²) >= 11 is 0. The first kappa shape index (κ1) is 11.3. The Labute approximate surface area is 106 Å². The molecule has 0 bridgehead atoms. The van der Waals surface area contributed by atoms with E-state index in [2.05, 4.69) is 0 Å². The lowest BCUT2D eigenvalue weighted by Gasteiger charge is -2.11. The molecule has 4 nitrogen and oxygen atoms in total. The van der Waals surface area contributed by atoms with Crippen molar-refractivity contribution < 1.29 is 0 Å². The predicted molar refractivity (Wildman–Crippen MR) is 70.8 cm³/mol. The standard InChI is InChI=1S/C14H17N3O/c1-10-9-16(2)13(18)17(10)12-5-3-4-11(8-12)14(15)6-7-14/h3-5,8-9H,6-7,15H2,1-2H3. The quantitative estimate of drug-likeness (QED) is 0.867. The van der Waals surface area contributed by atoms with Gasteiger partial charge in [-0.25, -0.2) is 4.79 Å². The molecule has 1 aliphatic carbocycles. The maximum Gasteiger partial charge on any atom is 0.332 e. The zero-order valence-electron chi connectivity index (χ0n) is 10.7. The highest BCUT2D eigenvalue weighted by Crippen LogP contribution is 2.42. The Hall–Kier alpha value is -1.81. The van der Waals surface area contributed by atoms with Gasteiger partial charge < -0.3 is 10.3 Å². The maximum atomic E-state index is 12.1. The minimum atomic E-state index is -0.164. The van der Waals surface area contributed by atoms with E-state index < -0.39 is 0 Å². The second-order valence-electron chi connectivity index (χ2n) is 5.21. The van der Waals surface area contributed by atoms with Crippen LogP contribution in [0, 0.1) is 6.92 Å². The molecule has 2 aromatic rings. The maximum absolute atomic E-state index is 12.1. The van der Waals surface area contributed by atoms with Crippen molar-refractivity contribution in [2.75, 3.05) is 0 Å². The molecule has 0 spiro atoms. The number of hydrogen-bond donors (Lipinski definition) is 1. The topological polar surface area (TPSA) is 53.0 Å². The number of nitrogens with zero attached hydrogens (tertiary/aromatic N) is 2. The molecular weight excluding hydrogens is 226 g/mol. The Morgan fingerprint density at radius 3 is 2.61 bits per heavy atom. The molecule has 1 aromatic carbocycles. The van der Waals surface area contributed by atoms with Crippen molar-refractivity contribution >= 4 is 0 Å². The van der Waals surface area contributed by atoms with Crippen molar-refractivity contribution in [2.24, 2.45) is 12.8 Å². The third-order valence-corrected chi connectivity index (χ3v) is 3.69. The van der Waals surface area contributed by atoms with Crippen molar-refractivity contribution in [3.05, 3.63) is 52.2 Å². The Bertz CT molecular complexity index is 662. The van der Waals surface area contributed by atoms with Gasteiger partial charge in [0.15, 0.2) is 0 Å². The van der Waals surface area contributed by atoms with Gasteiger partial charge in [-0.15, -0.1) is 0 Å². The second kappa shape index (κ2) is 3.59. The normalized spacial score (nSPS) is 16.8. The Morgan fingerprint density at radius 1 is 1.33 bits per heavy atom. The molecule has 0 aliphatic heterocycles. The van der Waals surface area contributed by atoms with Crippen LogP contribution >= 0.6 is 0 Å². The van der Waals surface area contributed by atoms with E-state index in [0.717, 1.165) is 29.8 Å². The summed E-state index contributed by atoms with van der Waals surface area (Å²) < 4.78 is 3.31. The zero-order valence-corrected chi connectivity index (χ0v) is 10.7. The van der Waals surface area contributed by atoms with Crippen LogP contribution in [0.4, 0.5) is 0 Å². The summed E-state index contributed by atoms with van der Waals surface area (Å²) in [6, 6.07) is 7.99. The van der Waals surface area contributed by atoms with Crippen molar-refractivity contribution in [3.8, 4) is 5.69 Å². The van der Waals surface area contributed by atoms with Gasteiger partial charge in [-0.2, -0.15) is 0 Å². The van der Waals surface area contributed by atoms with E-state index in [1.807, 2.05) is 37.4 Å². The Morgan fingerprint density at radius 2 is 2.06 bits per heavy atom. The zero-order chi connectivity index (χ0) is 12.9. The van der Waals surface area contributed by atoms with Gasteiger partial charge in [0.05, 0.1) is 5.69 Å². The lowest BCUT2D eigenvalue weighted by Crippen LogP contribution is -2.23. The summed E-state index contributed by atoms with van der Waals surface area (Å²) in [5, 5.41) is 0. The van der Waals surface area contributed by atoms with E-state index >= 15 is 0 Å². The first-order valence-electron chi connectivity index (χ1n) is 6.16. The van der Waals surface area contributed by atoms with Crippen LogP contribution in [-0.4, -0.2) is 9.13 Å². The van der Waals surface area contributed by atoms with E-state index in [-0.39, 0.29) is 11.2 Å². The molecule has 2 N–H and O–H groups in total. The third-order valence-electron chi connectivity index (χ3n) is 3.69. The highest BCUT2D eigenvalue weighted by Gasteiger charge is 2.40. The smallest absolute Gasteiger partial charge is 0.321 e. The molecule has 0 unspecified atom stereocenters. The Kier molecular flexibility index (Phi) is 2.25. The van der Waals surface area contributed by atoms with Crippen LogP contribution in [0.15, 0.2) is 35.3 Å². The van der Waals surface area contributed by atoms with Gasteiger partial charge in [0.1, 0.15) is 0 Å². The number of benzene rings is 1. The molecule has 94 valence electrons. The highest BCUT2D eigenvalue weighted by atomic mass is 16.1. The van der Waals surface area contributed by atoms with E-state index in [0.29, 0.717) is 0 Å². The van der Waals surface area contributed by atoms with Crippen LogP contribution in [-0.2, 0) is 12.6 Å². The molecule has 0 atom stereocenters. The lowest BCUT2D eigenvalue weighted by molar-refractivity contribution is 0.737. The molecule has 1 aromatic heterocycles. The monoisotopic (exact) mass is 243 g/mol. The molecule has 0 saturated heterocycles. The summed E-state index contributed by atoms with van der Waals surface area (Å²) in [4.78, 5) is 12.1. The summed E-state index contributed by atoms with van der Waals surface area (Å²) in [7, 11) is 1.76. The first-order valence-corrected chi connectivity index (χ1v) is 6.16. The van der Waals surface area contributed by atoms with Gasteiger partial charge in [-0.3, -0.25) is 4.57 Å². The number of aromatic nitrogens is 2. The van der Waals surface area contributed by atoms with E-state index in [9.17, 15) is 4.79 Å². The molecule has 0 radical (unpaired) electrons. The largest absolute Gasteiger partial charge is 0.332 e. The van der Waals surface area contributed by atoms with Crippen LogP contribution in [0.25, 0.3) is 5.69 Å². The molecule has 4 heteroatoms. The van der Waals surface area contributed by atoms with Crippen molar-refractivity contribution in [2.45, 2.75) is 25.3 Å². The molecule has 1 fully saturated rings.